The van der Waals surface area contributed by atoms with Crippen LogP contribution in [0.1, 0.15) is 84.8 Å². The lowest BCUT2D eigenvalue weighted by atomic mass is 10.0. The second-order valence-corrected chi connectivity index (χ2v) is 40.2. The minimum Gasteiger partial charge on any atom is -0.494 e. The van der Waals surface area contributed by atoms with E-state index in [1.807, 2.05) is 0 Å². The number of Topliss-reactive ketones (excluding diaryl/α,β-unsaturated/α-hetero) is 3. The Morgan fingerprint density at radius 3 is 1.62 bits per heavy atom. The number of thiophene rings is 2. The Kier molecular flexibility index (Phi) is 32.8. The van der Waals surface area contributed by atoms with Gasteiger partial charge in [0.25, 0.3) is 61.8 Å². The lowest BCUT2D eigenvalue weighted by molar-refractivity contribution is -0.137. The molecule has 13 aromatic rings. The molecule has 51 heteroatoms. The summed E-state index contributed by atoms with van der Waals surface area (Å²) in [5.41, 5.74) is 2.77. The predicted molar refractivity (Wildman–Crippen MR) is 497 cm³/mol. The highest BCUT2D eigenvalue weighted by atomic mass is 32.3. The van der Waals surface area contributed by atoms with Crippen LogP contribution in [-0.2, 0) is 112 Å². The van der Waals surface area contributed by atoms with Gasteiger partial charge >= 0.3 is 5.97 Å². The van der Waals surface area contributed by atoms with Crippen LogP contribution in [0.25, 0.3) is 34.2 Å². The van der Waals surface area contributed by atoms with Gasteiger partial charge in [-0.15, -0.1) is 34.0 Å². The van der Waals surface area contributed by atoms with Gasteiger partial charge < -0.3 is 81.9 Å². The third-order valence-electron chi connectivity index (χ3n) is 19.6. The number of anilines is 6. The zero-order valence-electron chi connectivity index (χ0n) is 73.0. The number of aromatic amines is 2. The van der Waals surface area contributed by atoms with Crippen LogP contribution in [0.2, 0.25) is 0 Å². The Hall–Kier alpha value is -14.2. The van der Waals surface area contributed by atoms with Gasteiger partial charge in [0, 0.05) is 104 Å². The zero-order chi connectivity index (χ0) is 98.0. The first-order valence-electron chi connectivity index (χ1n) is 40.3. The van der Waals surface area contributed by atoms with Crippen molar-refractivity contribution in [1.82, 2.24) is 39.4 Å². The molecule has 0 fully saturated rings. The normalized spacial score (nSPS) is 12.6. The highest BCUT2D eigenvalue weighted by Crippen LogP contribution is 2.50. The van der Waals surface area contributed by atoms with E-state index < -0.39 is 79.4 Å². The van der Waals surface area contributed by atoms with E-state index >= 15 is 0 Å². The standard InChI is InChI=1S/C20H18N4O7S2.C17H19FN4O3S.C17H17NO7S2.C16H17FN4O4S.C15H15NO6S2/c1-30-18-12(4-5-15(25)22-10-11-3-2-7-31-11)14(9-13-16(18)23-19(27)17(13)26)24-33(28,29)20-21-6-8-32-20;1-3-11(23)6-7-12-13(21-26(24,25)15-5-4-8-19-15)9-14-17(16(12)18)20-10-22(14)2;1-3-23-14(19)7-6-11-12(18-27(20,21)15-5-4-8-26-15)9-13-17(16(11)22-2)25-10-24-13;1-3-10(22)8-25-16-11(20-26(23,24)13-5-4-6-18-13)7-12-15(14(16)17)19-9-21(12)2;1-20-14-10(4-2-6-17)11(8-12-15(14)22-9-21-12)16-24(18,19)13-5-3-7-23-13/h2-3,6-9,24H,4-5,10H2,1H3,(H,22,25)(H,23,26,27);4-5,8-10,19,21H,3,6-7H2,1-2H3;4-9,18H,3,10H2,1-2H3;4-7,9,18,20H,3,8H2,1-2H3;2-5,7-8,16-17H,6,9H2,1H3/b;;7-6+;;4-2+. The van der Waals surface area contributed by atoms with Crippen molar-refractivity contribution in [2.24, 2.45) is 14.1 Å². The molecule has 0 bridgehead atoms. The van der Waals surface area contributed by atoms with Crippen LogP contribution < -0.4 is 72.1 Å². The largest absolute Gasteiger partial charge is 0.494 e. The molecule has 720 valence electrons. The molecule has 41 nitrogen and oxygen atoms in total. The van der Waals surface area contributed by atoms with E-state index in [1.54, 1.807) is 91.2 Å². The number of hydrogen-bond acceptors (Lipinski definition) is 33. The van der Waals surface area contributed by atoms with Crippen molar-refractivity contribution >= 4 is 188 Å². The van der Waals surface area contributed by atoms with Crippen molar-refractivity contribution in [2.75, 3.05) is 83.7 Å². The molecule has 16 rings (SSSR count). The van der Waals surface area contributed by atoms with E-state index in [9.17, 15) is 79.6 Å². The van der Waals surface area contributed by atoms with Gasteiger partial charge in [-0.25, -0.2) is 45.4 Å². The number of benzene rings is 5. The number of aryl methyl sites for hydroxylation is 2. The third kappa shape index (κ3) is 23.7. The smallest absolute Gasteiger partial charge is 0.330 e. The molecule has 2 amide bonds. The Morgan fingerprint density at radius 2 is 1.11 bits per heavy atom. The molecule has 8 aromatic heterocycles. The number of thiazole rings is 1. The summed E-state index contributed by atoms with van der Waals surface area (Å²) in [5.74, 6) is -1.94. The number of carbonyl (C=O) groups is 6. The second-order valence-electron chi connectivity index (χ2n) is 28.4. The number of halogens is 2. The average molecular weight is 2030 g/mol. The van der Waals surface area contributed by atoms with Crippen LogP contribution in [-0.4, -0.2) is 171 Å². The summed E-state index contributed by atoms with van der Waals surface area (Å²) in [6, 6.07) is 22.8. The molecule has 3 aliphatic heterocycles. The molecular weight excluding hydrogens is 1940 g/mol. The van der Waals surface area contributed by atoms with Gasteiger partial charge in [0.2, 0.25) is 35.3 Å². The summed E-state index contributed by atoms with van der Waals surface area (Å²) in [6.45, 7) is 4.92. The second kappa shape index (κ2) is 44.3. The number of carbonyl (C=O) groups excluding carboxylic acids is 6. The van der Waals surface area contributed by atoms with Crippen molar-refractivity contribution in [3.8, 4) is 46.0 Å². The highest BCUT2D eigenvalue weighted by molar-refractivity contribution is 7.95. The SMILES string of the molecule is CCC(=O)CCc1c(NS(=O)(=O)c2ccc[nH]2)cc2c(ncn2C)c1F.CCC(=O)COc1c(NS(=O)(=O)c2ccc[nH]2)cc2c(ncn2C)c1F.CCOC(=O)/C=C/c1c(NS(=O)(=O)c2cccs2)cc2c(c1OC)OCO2.COc1c(/C=C/CO)c(NS(=O)(=O)c2cccs2)cc2c1OCO2.COc1c(CCC(=O)NCc2ccco2)c(NS(=O)(=O)c2nccs2)cc2c1NC(=O)C2=O. The van der Waals surface area contributed by atoms with E-state index in [-0.39, 0.29) is 186 Å². The van der Waals surface area contributed by atoms with Gasteiger partial charge in [-0.2, -0.15) is 25.3 Å². The molecule has 136 heavy (non-hydrogen) atoms. The summed E-state index contributed by atoms with van der Waals surface area (Å²) in [6.07, 6.45) is 15.1. The van der Waals surface area contributed by atoms with Crippen LogP contribution in [0.5, 0.6) is 46.0 Å². The molecule has 0 unspecified atom stereocenters. The number of amides is 2. The number of nitrogens with zero attached hydrogens (tertiary/aromatic N) is 5. The van der Waals surface area contributed by atoms with Crippen LogP contribution in [0.15, 0.2) is 184 Å². The first-order chi connectivity index (χ1) is 65.0. The quantitative estimate of drug-likeness (QED) is 0.00990. The number of rotatable bonds is 36. The van der Waals surface area contributed by atoms with Gasteiger partial charge in [0.15, 0.2) is 56.2 Å². The molecule has 5 aromatic carbocycles. The number of nitrogens with one attached hydrogen (secondary N) is 9. The number of esters is 1. The van der Waals surface area contributed by atoms with Crippen molar-refractivity contribution < 1.29 is 132 Å². The Morgan fingerprint density at radius 1 is 0.574 bits per heavy atom. The number of methoxy groups -OCH3 is 3. The highest BCUT2D eigenvalue weighted by Gasteiger charge is 2.37. The van der Waals surface area contributed by atoms with Crippen molar-refractivity contribution in [2.45, 2.75) is 88.7 Å². The van der Waals surface area contributed by atoms with E-state index in [1.165, 1.54) is 143 Å². The first-order valence-corrected chi connectivity index (χ1v) is 50.4. The van der Waals surface area contributed by atoms with Gasteiger partial charge in [-0.1, -0.05) is 38.1 Å². The molecule has 11 heterocycles. The van der Waals surface area contributed by atoms with Crippen LogP contribution in [0, 0.1) is 11.6 Å². The van der Waals surface area contributed by atoms with Gasteiger partial charge in [0.05, 0.1) is 111 Å². The molecule has 0 spiro atoms. The predicted octanol–water partition coefficient (Wildman–Crippen LogP) is 12.0. The number of aliphatic hydroxyl groups excluding tert-OH is 1. The van der Waals surface area contributed by atoms with E-state index in [0.29, 0.717) is 68.7 Å². The number of imidazole rings is 2. The third-order valence-corrected chi connectivity index (χ3v) is 30.3. The molecule has 0 saturated carbocycles. The summed E-state index contributed by atoms with van der Waals surface area (Å²) in [7, 11) is -12.0. The molecule has 3 aliphatic rings. The minimum atomic E-state index is -4.07. The summed E-state index contributed by atoms with van der Waals surface area (Å²) < 4.78 is 224. The van der Waals surface area contributed by atoms with E-state index in [2.05, 4.69) is 59.2 Å². The molecule has 10 N–H and O–H groups in total. The lowest BCUT2D eigenvalue weighted by Crippen LogP contribution is -2.23. The van der Waals surface area contributed by atoms with Crippen molar-refractivity contribution in [1.29, 1.82) is 0 Å². The number of ketones is 3. The van der Waals surface area contributed by atoms with Gasteiger partial charge in [-0.05, 0) is 103 Å². The van der Waals surface area contributed by atoms with Crippen LogP contribution in [0.3, 0.4) is 0 Å². The Labute approximate surface area is 787 Å². The number of hydrogen-bond donors (Lipinski definition) is 10. The number of aromatic nitrogens is 7. The fourth-order valence-corrected chi connectivity index (χ4v) is 21.2. The molecule has 0 aliphatic carbocycles. The number of aliphatic hydroxyl groups is 1. The van der Waals surface area contributed by atoms with Crippen LogP contribution >= 0.6 is 34.0 Å². The zero-order valence-corrected chi connectivity index (χ0v) is 79.5. The minimum absolute atomic E-state index is 0.0180. The Balaban J connectivity index is 0.000000153. The van der Waals surface area contributed by atoms with E-state index in [4.69, 9.17) is 52.2 Å². The fraction of sp³-hybridized carbons (Fsp3) is 0.235. The number of furan rings is 1. The molecular formula is C85H86F2N14O27S8. The van der Waals surface area contributed by atoms with Gasteiger partial charge in [-0.3, -0.25) is 47.6 Å². The number of fused-ring (bicyclic) bond motifs is 5. The summed E-state index contributed by atoms with van der Waals surface area (Å²) in [5, 5.41) is 18.9. The summed E-state index contributed by atoms with van der Waals surface area (Å²) in [4.78, 5) is 88.4. The van der Waals surface area contributed by atoms with Crippen LogP contribution in [0.4, 0.5) is 42.9 Å². The topological polar surface area (TPSA) is 554 Å². The van der Waals surface area contributed by atoms with Crippen molar-refractivity contribution in [3.05, 3.63) is 202 Å². The van der Waals surface area contributed by atoms with Gasteiger partial charge in [0.1, 0.15) is 43.4 Å². The van der Waals surface area contributed by atoms with Crippen molar-refractivity contribution in [3.63, 3.8) is 0 Å². The Bertz CT molecular complexity index is 7070. The maximum atomic E-state index is 15.0. The fourth-order valence-electron chi connectivity index (χ4n) is 13.1. The number of H-pyrrole nitrogens is 2. The average Bonchev–Trinajstić information content (AvgIpc) is 1.60. The number of ether oxygens (including phenoxy) is 9. The molecule has 0 atom stereocenters. The summed E-state index contributed by atoms with van der Waals surface area (Å²) >= 11 is 3.11. The maximum Gasteiger partial charge on any atom is 0.330 e. The lowest BCUT2D eigenvalue weighted by Gasteiger charge is -2.18. The first kappa shape index (κ1) is 101. The van der Waals surface area contributed by atoms with E-state index in [0.717, 1.165) is 34.0 Å². The monoisotopic (exact) mass is 2030 g/mol. The molecule has 0 radical (unpaired) electrons. The number of sulfonamides is 5. The maximum absolute atomic E-state index is 15.0. The molecule has 0 saturated heterocycles.